The smallest absolute Gasteiger partial charge is 0.244 e. The van der Waals surface area contributed by atoms with Crippen molar-refractivity contribution in [3.63, 3.8) is 0 Å². The van der Waals surface area contributed by atoms with Gasteiger partial charge in [0.05, 0.1) is 17.3 Å². The molecule has 1 aromatic heterocycles. The summed E-state index contributed by atoms with van der Waals surface area (Å²) in [5.74, 6) is -2.84. The molecule has 0 aliphatic carbocycles. The third-order valence-electron chi connectivity index (χ3n) is 3.99. The summed E-state index contributed by atoms with van der Waals surface area (Å²) < 4.78 is 40.7. The summed E-state index contributed by atoms with van der Waals surface area (Å²) in [4.78, 5) is 16.5. The van der Waals surface area contributed by atoms with E-state index in [0.29, 0.717) is 17.6 Å². The average Bonchev–Trinajstić information content (AvgIpc) is 2.63. The molecule has 0 fully saturated rings. The van der Waals surface area contributed by atoms with Crippen molar-refractivity contribution < 1.29 is 17.6 Å². The van der Waals surface area contributed by atoms with Gasteiger partial charge in [-0.1, -0.05) is 29.8 Å². The first kappa shape index (κ1) is 21.2. The number of ketones is 1. The van der Waals surface area contributed by atoms with Crippen molar-refractivity contribution in [3.05, 3.63) is 58.1 Å². The van der Waals surface area contributed by atoms with Gasteiger partial charge in [-0.3, -0.25) is 9.78 Å². The lowest BCUT2D eigenvalue weighted by Gasteiger charge is -2.18. The van der Waals surface area contributed by atoms with Gasteiger partial charge in [0.2, 0.25) is 10.0 Å². The Balaban J connectivity index is 2.37. The Kier molecular flexibility index (Phi) is 6.81. The minimum absolute atomic E-state index is 0.0334. The Bertz CT molecular complexity index is 984. The number of aromatic nitrogens is 1. The Morgan fingerprint density at radius 1 is 1.30 bits per heavy atom. The number of pyridine rings is 1. The van der Waals surface area contributed by atoms with Crippen molar-refractivity contribution in [2.75, 3.05) is 13.1 Å². The topological polar surface area (TPSA) is 91.1 Å². The van der Waals surface area contributed by atoms with Crippen molar-refractivity contribution in [1.29, 1.82) is 5.26 Å². The van der Waals surface area contributed by atoms with Gasteiger partial charge in [-0.25, -0.2) is 12.8 Å². The van der Waals surface area contributed by atoms with E-state index in [1.54, 1.807) is 13.8 Å². The summed E-state index contributed by atoms with van der Waals surface area (Å²) in [5, 5.41) is 9.38. The summed E-state index contributed by atoms with van der Waals surface area (Å²) in [6.45, 7) is 4.06. The number of carbonyl (C=O) groups is 1. The zero-order chi connectivity index (χ0) is 20.2. The quantitative estimate of drug-likeness (QED) is 0.598. The molecular weight excluding hydrogens is 437 g/mol. The second kappa shape index (κ2) is 8.69. The Morgan fingerprint density at radius 2 is 1.96 bits per heavy atom. The average molecular weight is 454 g/mol. The highest BCUT2D eigenvalue weighted by molar-refractivity contribution is 9.10. The van der Waals surface area contributed by atoms with Gasteiger partial charge in [0.15, 0.2) is 11.7 Å². The zero-order valence-electron chi connectivity index (χ0n) is 14.7. The molecule has 1 atom stereocenters. The molecule has 142 valence electrons. The van der Waals surface area contributed by atoms with Gasteiger partial charge in [0.1, 0.15) is 10.7 Å². The van der Waals surface area contributed by atoms with Crippen LogP contribution >= 0.6 is 15.9 Å². The van der Waals surface area contributed by atoms with E-state index in [1.807, 2.05) is 6.07 Å². The zero-order valence-corrected chi connectivity index (χ0v) is 17.1. The molecule has 0 saturated heterocycles. The van der Waals surface area contributed by atoms with E-state index in [9.17, 15) is 22.9 Å². The van der Waals surface area contributed by atoms with Crippen molar-refractivity contribution in [1.82, 2.24) is 9.29 Å². The van der Waals surface area contributed by atoms with Crippen molar-refractivity contribution in [2.24, 2.45) is 0 Å². The number of sulfonamides is 1. The molecule has 0 N–H and O–H groups in total. The molecule has 6 nitrogen and oxygen atoms in total. The number of nitrogens with zero attached hydrogens (tertiary/aromatic N) is 3. The van der Waals surface area contributed by atoms with Crippen LogP contribution in [0, 0.1) is 17.1 Å². The number of halogens is 2. The molecule has 0 bridgehead atoms. The van der Waals surface area contributed by atoms with E-state index in [0.717, 1.165) is 12.3 Å². The van der Waals surface area contributed by atoms with E-state index < -0.39 is 27.5 Å². The molecule has 1 unspecified atom stereocenters. The van der Waals surface area contributed by atoms with E-state index in [1.165, 1.54) is 28.6 Å². The third kappa shape index (κ3) is 4.40. The SMILES string of the molecule is CCN(CC)S(=O)(=O)c1ccc(C(C#N)C(=O)c2ccc(Br)cc2F)nc1. The normalized spacial score (nSPS) is 12.6. The highest BCUT2D eigenvalue weighted by Crippen LogP contribution is 2.24. The highest BCUT2D eigenvalue weighted by Gasteiger charge is 2.27. The van der Waals surface area contributed by atoms with Crippen molar-refractivity contribution in [3.8, 4) is 6.07 Å². The van der Waals surface area contributed by atoms with E-state index in [4.69, 9.17) is 0 Å². The molecule has 0 amide bonds. The minimum atomic E-state index is -3.70. The first-order valence-corrected chi connectivity index (χ1v) is 10.3. The predicted molar refractivity (Wildman–Crippen MR) is 101 cm³/mol. The van der Waals surface area contributed by atoms with Crippen molar-refractivity contribution in [2.45, 2.75) is 24.7 Å². The van der Waals surface area contributed by atoms with Crippen LogP contribution in [0.3, 0.4) is 0 Å². The van der Waals surface area contributed by atoms with Gasteiger partial charge in [-0.2, -0.15) is 9.57 Å². The summed E-state index contributed by atoms with van der Waals surface area (Å²) in [6, 6.07) is 8.33. The number of hydrogen-bond donors (Lipinski definition) is 0. The molecule has 0 aliphatic heterocycles. The highest BCUT2D eigenvalue weighted by atomic mass is 79.9. The molecule has 0 radical (unpaired) electrons. The summed E-state index contributed by atoms with van der Waals surface area (Å²) in [5.41, 5.74) is -0.172. The van der Waals surface area contributed by atoms with Crippen LogP contribution in [0.1, 0.15) is 35.8 Å². The van der Waals surface area contributed by atoms with Crippen LogP contribution in [-0.2, 0) is 10.0 Å². The number of rotatable bonds is 7. The predicted octanol–water partition coefficient (Wildman–Crippen LogP) is 3.50. The number of nitriles is 1. The van der Waals surface area contributed by atoms with Crippen LogP contribution in [0.5, 0.6) is 0 Å². The van der Waals surface area contributed by atoms with Crippen LogP contribution < -0.4 is 0 Å². The number of hydrogen-bond acceptors (Lipinski definition) is 5. The fourth-order valence-corrected chi connectivity index (χ4v) is 4.27. The first-order chi connectivity index (χ1) is 12.8. The number of benzene rings is 1. The molecule has 1 aromatic carbocycles. The monoisotopic (exact) mass is 453 g/mol. The van der Waals surface area contributed by atoms with Crippen LogP contribution in [0.4, 0.5) is 4.39 Å². The van der Waals surface area contributed by atoms with Crippen LogP contribution in [-0.4, -0.2) is 36.6 Å². The van der Waals surface area contributed by atoms with Gasteiger partial charge >= 0.3 is 0 Å². The van der Waals surface area contributed by atoms with E-state index in [-0.39, 0.29) is 16.2 Å². The molecule has 0 saturated carbocycles. The lowest BCUT2D eigenvalue weighted by Crippen LogP contribution is -2.30. The maximum absolute atomic E-state index is 14.0. The standard InChI is InChI=1S/C18H17BrFN3O3S/c1-3-23(4-2)27(25,26)13-6-8-17(22-11-13)15(10-21)18(24)14-7-5-12(19)9-16(14)20/h5-9,11,15H,3-4H2,1-2H3. The third-order valence-corrected chi connectivity index (χ3v) is 6.51. The van der Waals surface area contributed by atoms with E-state index in [2.05, 4.69) is 20.9 Å². The Hall–Kier alpha value is -2.15. The fourth-order valence-electron chi connectivity index (χ4n) is 2.53. The molecule has 2 aromatic rings. The van der Waals surface area contributed by atoms with Crippen LogP contribution in [0.15, 0.2) is 45.9 Å². The van der Waals surface area contributed by atoms with Crippen LogP contribution in [0.2, 0.25) is 0 Å². The van der Waals surface area contributed by atoms with Gasteiger partial charge in [0, 0.05) is 23.8 Å². The van der Waals surface area contributed by atoms with Crippen LogP contribution in [0.25, 0.3) is 0 Å². The minimum Gasteiger partial charge on any atom is -0.292 e. The summed E-state index contributed by atoms with van der Waals surface area (Å²) in [7, 11) is -3.70. The summed E-state index contributed by atoms with van der Waals surface area (Å²) >= 11 is 3.10. The Morgan fingerprint density at radius 3 is 2.44 bits per heavy atom. The van der Waals surface area contributed by atoms with Crippen molar-refractivity contribution >= 4 is 31.7 Å². The molecule has 0 spiro atoms. The van der Waals surface area contributed by atoms with Gasteiger partial charge < -0.3 is 0 Å². The molecule has 1 heterocycles. The lowest BCUT2D eigenvalue weighted by atomic mass is 9.95. The second-order valence-corrected chi connectivity index (χ2v) is 8.41. The molecular formula is C18H17BrFN3O3S. The number of Topliss-reactive ketones (excluding diaryl/α,β-unsaturated/α-hetero) is 1. The van der Waals surface area contributed by atoms with Gasteiger partial charge in [0.25, 0.3) is 0 Å². The molecule has 9 heteroatoms. The maximum atomic E-state index is 14.0. The first-order valence-electron chi connectivity index (χ1n) is 8.11. The molecule has 27 heavy (non-hydrogen) atoms. The summed E-state index contributed by atoms with van der Waals surface area (Å²) in [6.07, 6.45) is 1.11. The fraction of sp³-hybridized carbons (Fsp3) is 0.278. The lowest BCUT2D eigenvalue weighted by molar-refractivity contribution is 0.0973. The molecule has 2 rings (SSSR count). The largest absolute Gasteiger partial charge is 0.292 e. The maximum Gasteiger partial charge on any atom is 0.244 e. The Labute approximate surface area is 165 Å². The van der Waals surface area contributed by atoms with Gasteiger partial charge in [-0.15, -0.1) is 0 Å². The second-order valence-electron chi connectivity index (χ2n) is 5.56. The van der Waals surface area contributed by atoms with Gasteiger partial charge in [-0.05, 0) is 30.3 Å². The molecule has 0 aliphatic rings. The number of carbonyl (C=O) groups excluding carboxylic acids is 1. The van der Waals surface area contributed by atoms with E-state index >= 15 is 0 Å².